The number of aliphatic hydroxyl groups is 1. The fourth-order valence-electron chi connectivity index (χ4n) is 7.60. The highest BCUT2D eigenvalue weighted by Crippen LogP contribution is 2.57. The molecule has 2 aromatic heterocycles. The molecule has 0 unspecified atom stereocenters. The Balaban J connectivity index is 1.43. The van der Waals surface area contributed by atoms with Crippen molar-refractivity contribution < 1.29 is 9.90 Å². The van der Waals surface area contributed by atoms with Crippen LogP contribution in [0, 0.1) is 29.6 Å². The van der Waals surface area contributed by atoms with E-state index in [-0.39, 0.29) is 24.0 Å². The lowest BCUT2D eigenvalue weighted by molar-refractivity contribution is -0.138. The van der Waals surface area contributed by atoms with Gasteiger partial charge in [-0.15, -0.1) is 0 Å². The molecule has 3 fully saturated rings. The van der Waals surface area contributed by atoms with Gasteiger partial charge >= 0.3 is 0 Å². The minimum Gasteiger partial charge on any atom is -0.394 e. The molecule has 7 rings (SSSR count). The first-order valence-corrected chi connectivity index (χ1v) is 13.6. The number of fused-ring (bicyclic) bond motifs is 4. The molecule has 4 heterocycles. The lowest BCUT2D eigenvalue weighted by atomic mass is 9.73. The Kier molecular flexibility index (Phi) is 5.02. The van der Waals surface area contributed by atoms with Gasteiger partial charge in [-0.05, 0) is 55.7 Å². The van der Waals surface area contributed by atoms with Gasteiger partial charge in [-0.1, -0.05) is 18.7 Å². The summed E-state index contributed by atoms with van der Waals surface area (Å²) < 4.78 is 1.91. The maximum atomic E-state index is 12.2. The predicted molar refractivity (Wildman–Crippen MR) is 145 cm³/mol. The van der Waals surface area contributed by atoms with E-state index >= 15 is 0 Å². The van der Waals surface area contributed by atoms with Crippen molar-refractivity contribution in [3.63, 3.8) is 0 Å². The molecule has 194 valence electrons. The first-order valence-electron chi connectivity index (χ1n) is 13.6. The maximum Gasteiger partial charge on any atom is 0.245 e. The zero-order valence-corrected chi connectivity index (χ0v) is 21.9. The Morgan fingerprint density at radius 2 is 2.16 bits per heavy atom. The third-order valence-electron chi connectivity index (χ3n) is 9.70. The zero-order chi connectivity index (χ0) is 26.3. The molecule has 2 aliphatic heterocycles. The summed E-state index contributed by atoms with van der Waals surface area (Å²) in [6, 6.07) is 6.59. The van der Waals surface area contributed by atoms with E-state index in [1.165, 1.54) is 11.6 Å². The van der Waals surface area contributed by atoms with Crippen LogP contribution in [-0.2, 0) is 18.3 Å². The van der Waals surface area contributed by atoms with E-state index in [0.717, 1.165) is 59.0 Å². The van der Waals surface area contributed by atoms with Crippen LogP contribution in [0.5, 0.6) is 0 Å². The summed E-state index contributed by atoms with van der Waals surface area (Å²) in [6.45, 7) is 7.58. The number of aryl methyl sites for hydroxylation is 2. The number of nitrogens with zero attached hydrogens (tertiary/aromatic N) is 6. The number of pyridine rings is 1. The minimum absolute atomic E-state index is 0.0442. The standard InChI is InChI=1S/C30H32N6O2/c1-4-24(38)35-15-30(16-35)9-10-36(23(30)14-37)29-22(12-31)26(20-8-7-18-11-21(18)27(20)33-29)25-17(2)5-6-19-13-32-34(3)28(19)25/h4-6,13,18,21,23,37H,1,7-11,14-16H2,2-3H3/t18-,21-,23+/m1/s1. The summed E-state index contributed by atoms with van der Waals surface area (Å²) in [6.07, 6.45) is 7.30. The van der Waals surface area contributed by atoms with Gasteiger partial charge in [-0.25, -0.2) is 4.98 Å². The van der Waals surface area contributed by atoms with Gasteiger partial charge in [-0.3, -0.25) is 9.48 Å². The Morgan fingerprint density at radius 1 is 1.34 bits per heavy atom. The average Bonchev–Trinajstić information content (AvgIpc) is 3.48. The number of aromatic nitrogens is 3. The van der Waals surface area contributed by atoms with Crippen LogP contribution in [0.3, 0.4) is 0 Å². The number of likely N-dealkylation sites (tertiary alicyclic amines) is 1. The van der Waals surface area contributed by atoms with Crippen molar-refractivity contribution in [1.29, 1.82) is 5.26 Å². The summed E-state index contributed by atoms with van der Waals surface area (Å²) >= 11 is 0. The zero-order valence-electron chi connectivity index (χ0n) is 21.9. The third kappa shape index (κ3) is 3.08. The molecule has 8 nitrogen and oxygen atoms in total. The molecular formula is C30H32N6O2. The first kappa shape index (κ1) is 23.4. The smallest absolute Gasteiger partial charge is 0.245 e. The second kappa shape index (κ2) is 8.15. The van der Waals surface area contributed by atoms with Crippen LogP contribution in [-0.4, -0.2) is 63.0 Å². The highest BCUT2D eigenvalue weighted by molar-refractivity contribution is 5.99. The molecule has 38 heavy (non-hydrogen) atoms. The number of benzene rings is 1. The molecule has 1 N–H and O–H groups in total. The average molecular weight is 509 g/mol. The number of hydrogen-bond acceptors (Lipinski definition) is 6. The van der Waals surface area contributed by atoms with E-state index in [4.69, 9.17) is 4.98 Å². The second-order valence-electron chi connectivity index (χ2n) is 11.7. The van der Waals surface area contributed by atoms with Gasteiger partial charge in [0.2, 0.25) is 5.91 Å². The van der Waals surface area contributed by atoms with Gasteiger partial charge in [0.25, 0.3) is 0 Å². The van der Waals surface area contributed by atoms with Crippen molar-refractivity contribution in [1.82, 2.24) is 19.7 Å². The topological polar surface area (TPSA) is 98.3 Å². The number of rotatable bonds is 4. The predicted octanol–water partition coefficient (Wildman–Crippen LogP) is 3.45. The van der Waals surface area contributed by atoms with Gasteiger partial charge in [-0.2, -0.15) is 10.4 Å². The molecule has 3 atom stereocenters. The number of anilines is 1. The molecule has 1 aromatic carbocycles. The Hall–Kier alpha value is -3.70. The van der Waals surface area contributed by atoms with Gasteiger partial charge in [0.05, 0.1) is 30.1 Å². The summed E-state index contributed by atoms with van der Waals surface area (Å²) in [5.41, 5.74) is 6.96. The van der Waals surface area contributed by atoms with Crippen molar-refractivity contribution in [3.8, 4) is 17.2 Å². The maximum absolute atomic E-state index is 12.2. The van der Waals surface area contributed by atoms with Crippen LogP contribution in [0.1, 0.15) is 47.6 Å². The minimum atomic E-state index is -0.200. The van der Waals surface area contributed by atoms with Crippen molar-refractivity contribution >= 4 is 22.6 Å². The lowest BCUT2D eigenvalue weighted by Crippen LogP contribution is -2.64. The van der Waals surface area contributed by atoms with E-state index in [1.807, 2.05) is 17.9 Å². The Labute approximate surface area is 222 Å². The molecule has 3 aromatic rings. The molecule has 8 heteroatoms. The second-order valence-corrected chi connectivity index (χ2v) is 11.7. The SMILES string of the molecule is C=CC(=O)N1CC2(CCN(c3nc4c(c(-c5c(C)ccc6cnn(C)c56)c3C#N)CC[C@@H]3C[C@@H]43)[C@H]2CO)C1. The van der Waals surface area contributed by atoms with Crippen LogP contribution in [0.2, 0.25) is 0 Å². The molecular weight excluding hydrogens is 476 g/mol. The van der Waals surface area contributed by atoms with Crippen molar-refractivity contribution in [2.24, 2.45) is 18.4 Å². The number of aliphatic hydroxyl groups excluding tert-OH is 1. The molecule has 2 aliphatic carbocycles. The summed E-state index contributed by atoms with van der Waals surface area (Å²) in [7, 11) is 1.96. The number of carbonyl (C=O) groups is 1. The molecule has 0 radical (unpaired) electrons. The van der Waals surface area contributed by atoms with Gasteiger partial charge in [0, 0.05) is 54.5 Å². The molecule has 1 amide bonds. The van der Waals surface area contributed by atoms with Crippen molar-refractivity contribution in [3.05, 3.63) is 53.4 Å². The molecule has 0 bridgehead atoms. The van der Waals surface area contributed by atoms with Crippen molar-refractivity contribution in [2.45, 2.75) is 44.6 Å². The molecule has 2 saturated heterocycles. The number of amides is 1. The normalized spacial score (nSPS) is 24.6. The number of nitriles is 1. The van der Waals surface area contributed by atoms with Crippen LogP contribution >= 0.6 is 0 Å². The fourth-order valence-corrected chi connectivity index (χ4v) is 7.60. The highest BCUT2D eigenvalue weighted by atomic mass is 16.3. The number of hydrogen-bond donors (Lipinski definition) is 1. The van der Waals surface area contributed by atoms with Crippen LogP contribution in [0.25, 0.3) is 22.0 Å². The van der Waals surface area contributed by atoms with E-state index in [0.29, 0.717) is 42.9 Å². The van der Waals surface area contributed by atoms with Crippen molar-refractivity contribution in [2.75, 3.05) is 31.1 Å². The van der Waals surface area contributed by atoms with Crippen LogP contribution < -0.4 is 4.90 Å². The number of carbonyl (C=O) groups excluding carboxylic acids is 1. The molecule has 1 spiro atoms. The first-order chi connectivity index (χ1) is 18.4. The highest BCUT2D eigenvalue weighted by Gasteiger charge is 2.56. The van der Waals surface area contributed by atoms with E-state index < -0.39 is 0 Å². The summed E-state index contributed by atoms with van der Waals surface area (Å²) in [5.74, 6) is 1.75. The monoisotopic (exact) mass is 508 g/mol. The van der Waals surface area contributed by atoms with Crippen LogP contribution in [0.4, 0.5) is 5.82 Å². The van der Waals surface area contributed by atoms with Crippen LogP contribution in [0.15, 0.2) is 31.0 Å². The van der Waals surface area contributed by atoms with E-state index in [9.17, 15) is 15.2 Å². The fraction of sp³-hybridized carbons (Fsp3) is 0.467. The summed E-state index contributed by atoms with van der Waals surface area (Å²) in [4.78, 5) is 21.4. The van der Waals surface area contributed by atoms with E-state index in [1.54, 1.807) is 4.90 Å². The Morgan fingerprint density at radius 3 is 2.89 bits per heavy atom. The van der Waals surface area contributed by atoms with E-state index in [2.05, 4.69) is 41.7 Å². The van der Waals surface area contributed by atoms with Gasteiger partial charge < -0.3 is 14.9 Å². The molecule has 1 saturated carbocycles. The largest absolute Gasteiger partial charge is 0.394 e. The molecule has 4 aliphatic rings. The quantitative estimate of drug-likeness (QED) is 0.542. The summed E-state index contributed by atoms with van der Waals surface area (Å²) in [5, 5.41) is 27.0. The Bertz CT molecular complexity index is 1560. The van der Waals surface area contributed by atoms with Gasteiger partial charge in [0.15, 0.2) is 0 Å². The van der Waals surface area contributed by atoms with Gasteiger partial charge in [0.1, 0.15) is 17.5 Å². The third-order valence-corrected chi connectivity index (χ3v) is 9.70. The lowest BCUT2D eigenvalue weighted by Gasteiger charge is -2.51.